The maximum atomic E-state index is 13.4. The topological polar surface area (TPSA) is 128 Å². The number of carboxylic acids is 1. The number of nitrogens with one attached hydrogen (secondary N) is 2. The number of hydrogen-bond donors (Lipinski definition) is 3. The second-order valence-electron chi connectivity index (χ2n) is 9.67. The Hall–Kier alpha value is -5.00. The van der Waals surface area contributed by atoms with E-state index in [9.17, 15) is 33.1 Å². The minimum atomic E-state index is -1.16. The predicted octanol–water partition coefficient (Wildman–Crippen LogP) is 4.44. The first-order valence-electron chi connectivity index (χ1n) is 13.2. The number of carbonyl (C=O) groups excluding carboxylic acids is 3. The van der Waals surface area contributed by atoms with Gasteiger partial charge in [0.25, 0.3) is 11.8 Å². The minimum Gasteiger partial charge on any atom is -0.481 e. The molecule has 3 amide bonds. The molecule has 1 fully saturated rings. The summed E-state index contributed by atoms with van der Waals surface area (Å²) in [5.74, 6) is -3.30. The van der Waals surface area contributed by atoms with Crippen molar-refractivity contribution in [2.75, 3.05) is 43.5 Å². The van der Waals surface area contributed by atoms with Crippen LogP contribution >= 0.6 is 0 Å². The lowest BCUT2D eigenvalue weighted by Crippen LogP contribution is -2.35. The fraction of sp³-hybridized carbons (Fsp3) is 0.267. The number of carbonyl (C=O) groups is 4. The van der Waals surface area contributed by atoms with Crippen LogP contribution in [0.2, 0.25) is 0 Å². The predicted molar refractivity (Wildman–Crippen MR) is 150 cm³/mol. The van der Waals surface area contributed by atoms with Crippen molar-refractivity contribution in [3.05, 3.63) is 95.1 Å². The van der Waals surface area contributed by atoms with Crippen molar-refractivity contribution in [1.82, 2.24) is 10.2 Å². The molecule has 1 atom stereocenters. The molecule has 12 heteroatoms. The Bertz CT molecular complexity index is 1450. The maximum absolute atomic E-state index is 13.4. The molecule has 0 aliphatic carbocycles. The number of anilines is 2. The Kier molecular flexibility index (Phi) is 9.69. The molecule has 0 bridgehead atoms. The summed E-state index contributed by atoms with van der Waals surface area (Å²) >= 11 is 0. The largest absolute Gasteiger partial charge is 0.481 e. The summed E-state index contributed by atoms with van der Waals surface area (Å²) in [5, 5.41) is 14.9. The third kappa shape index (κ3) is 7.59. The number of amides is 3. The van der Waals surface area contributed by atoms with Gasteiger partial charge in [0.05, 0.1) is 30.9 Å². The summed E-state index contributed by atoms with van der Waals surface area (Å²) in [5.41, 5.74) is 1.63. The molecule has 220 valence electrons. The average Bonchev–Trinajstić information content (AvgIpc) is 3.23. The van der Waals surface area contributed by atoms with Gasteiger partial charge < -0.3 is 30.3 Å². The highest BCUT2D eigenvalue weighted by molar-refractivity contribution is 6.07. The van der Waals surface area contributed by atoms with Gasteiger partial charge >= 0.3 is 12.1 Å². The quantitative estimate of drug-likeness (QED) is 0.359. The molecule has 1 aliphatic rings. The monoisotopic (exact) mass is 580 g/mol. The Morgan fingerprint density at radius 3 is 2.14 bits per heavy atom. The maximum Gasteiger partial charge on any atom is 0.409 e. The zero-order valence-electron chi connectivity index (χ0n) is 22.8. The van der Waals surface area contributed by atoms with E-state index in [0.29, 0.717) is 49.5 Å². The van der Waals surface area contributed by atoms with Crippen LogP contribution in [-0.2, 0) is 9.53 Å². The van der Waals surface area contributed by atoms with Gasteiger partial charge in [-0.3, -0.25) is 14.4 Å². The van der Waals surface area contributed by atoms with Crippen molar-refractivity contribution in [3.63, 3.8) is 0 Å². The summed E-state index contributed by atoms with van der Waals surface area (Å²) in [6, 6.07) is 13.9. The van der Waals surface area contributed by atoms with Crippen LogP contribution < -0.4 is 15.5 Å². The molecule has 1 unspecified atom stereocenters. The van der Waals surface area contributed by atoms with Gasteiger partial charge in [-0.15, -0.1) is 0 Å². The van der Waals surface area contributed by atoms with E-state index in [1.165, 1.54) is 49.6 Å². The number of ether oxygens (including phenoxy) is 1. The summed E-state index contributed by atoms with van der Waals surface area (Å²) in [7, 11) is 1.31. The number of rotatable bonds is 8. The summed E-state index contributed by atoms with van der Waals surface area (Å²) in [6.45, 7) is 1.82. The van der Waals surface area contributed by atoms with E-state index >= 15 is 0 Å². The van der Waals surface area contributed by atoms with Gasteiger partial charge in [-0.25, -0.2) is 13.6 Å². The normalized spacial score (nSPS) is 14.0. The number of halogens is 2. The van der Waals surface area contributed by atoms with Crippen LogP contribution in [0.5, 0.6) is 0 Å². The highest BCUT2D eigenvalue weighted by Crippen LogP contribution is 2.30. The van der Waals surface area contributed by atoms with E-state index in [0.717, 1.165) is 12.1 Å². The Morgan fingerprint density at radius 2 is 1.50 bits per heavy atom. The fourth-order valence-electron chi connectivity index (χ4n) is 4.68. The van der Waals surface area contributed by atoms with Crippen LogP contribution in [0.25, 0.3) is 0 Å². The number of methoxy groups -OCH3 is 1. The number of nitrogens with zero attached hydrogens (tertiary/aromatic N) is 2. The van der Waals surface area contributed by atoms with Crippen LogP contribution in [-0.4, -0.2) is 67.2 Å². The summed E-state index contributed by atoms with van der Waals surface area (Å²) in [4.78, 5) is 53.5. The van der Waals surface area contributed by atoms with Crippen molar-refractivity contribution in [3.8, 4) is 0 Å². The standard InChI is InChI=1S/C30H30F2N4O6/c1-42-30(41)36-14-2-13-35(15-16-36)26-12-7-21(17-25(26)34-28(39)20-5-10-23(32)11-6-20)29(40)33-24(18-27(37)38)19-3-8-22(31)9-4-19/h3-12,17,24H,2,13-16,18H2,1H3,(H,33,40)(H,34,39)(H,37,38). The average molecular weight is 581 g/mol. The van der Waals surface area contributed by atoms with E-state index in [4.69, 9.17) is 4.74 Å². The van der Waals surface area contributed by atoms with E-state index in [1.807, 2.05) is 4.90 Å². The van der Waals surface area contributed by atoms with E-state index in [2.05, 4.69) is 10.6 Å². The fourth-order valence-corrected chi connectivity index (χ4v) is 4.68. The Labute approximate surface area is 240 Å². The molecule has 1 heterocycles. The zero-order valence-corrected chi connectivity index (χ0v) is 22.8. The Balaban J connectivity index is 1.63. The molecule has 0 aromatic heterocycles. The first-order valence-corrected chi connectivity index (χ1v) is 13.2. The molecule has 1 saturated heterocycles. The van der Waals surface area contributed by atoms with Crippen LogP contribution in [0, 0.1) is 11.6 Å². The lowest BCUT2D eigenvalue weighted by Gasteiger charge is -2.26. The molecule has 3 aromatic carbocycles. The van der Waals surface area contributed by atoms with Crippen LogP contribution in [0.3, 0.4) is 0 Å². The first kappa shape index (κ1) is 30.0. The van der Waals surface area contributed by atoms with Gasteiger partial charge in [-0.2, -0.15) is 0 Å². The minimum absolute atomic E-state index is 0.136. The van der Waals surface area contributed by atoms with Crippen molar-refractivity contribution in [1.29, 1.82) is 0 Å². The second kappa shape index (κ2) is 13.6. The SMILES string of the molecule is COC(=O)N1CCCN(c2ccc(C(=O)NC(CC(=O)O)c3ccc(F)cc3)cc2NC(=O)c2ccc(F)cc2)CC1. The highest BCUT2D eigenvalue weighted by Gasteiger charge is 2.24. The van der Waals surface area contributed by atoms with Gasteiger partial charge in [0.2, 0.25) is 0 Å². The van der Waals surface area contributed by atoms with Crippen molar-refractivity contribution in [2.24, 2.45) is 0 Å². The first-order chi connectivity index (χ1) is 20.1. The Morgan fingerprint density at radius 1 is 0.857 bits per heavy atom. The third-order valence-electron chi connectivity index (χ3n) is 6.84. The molecular formula is C30H30F2N4O6. The third-order valence-corrected chi connectivity index (χ3v) is 6.84. The van der Waals surface area contributed by atoms with Gasteiger partial charge in [0, 0.05) is 37.3 Å². The molecule has 0 spiro atoms. The van der Waals surface area contributed by atoms with E-state index in [-0.39, 0.29) is 11.1 Å². The summed E-state index contributed by atoms with van der Waals surface area (Å²) in [6.07, 6.45) is -0.253. The van der Waals surface area contributed by atoms with Crippen molar-refractivity contribution >= 4 is 35.3 Å². The number of carboxylic acid groups (broad SMARTS) is 1. The molecule has 10 nitrogen and oxygen atoms in total. The van der Waals surface area contributed by atoms with Gasteiger partial charge in [0.15, 0.2) is 0 Å². The van der Waals surface area contributed by atoms with Crippen molar-refractivity contribution < 1.29 is 37.8 Å². The smallest absolute Gasteiger partial charge is 0.409 e. The lowest BCUT2D eigenvalue weighted by molar-refractivity contribution is -0.137. The number of benzene rings is 3. The molecule has 3 N–H and O–H groups in total. The second-order valence-corrected chi connectivity index (χ2v) is 9.67. The molecule has 1 aliphatic heterocycles. The molecule has 42 heavy (non-hydrogen) atoms. The van der Waals surface area contributed by atoms with Gasteiger partial charge in [0.1, 0.15) is 11.6 Å². The summed E-state index contributed by atoms with van der Waals surface area (Å²) < 4.78 is 31.7. The lowest BCUT2D eigenvalue weighted by atomic mass is 10.0. The number of hydrogen-bond acceptors (Lipinski definition) is 6. The van der Waals surface area contributed by atoms with Crippen LogP contribution in [0.15, 0.2) is 66.7 Å². The highest BCUT2D eigenvalue weighted by atomic mass is 19.1. The van der Waals surface area contributed by atoms with Crippen molar-refractivity contribution in [2.45, 2.75) is 18.9 Å². The molecular weight excluding hydrogens is 550 g/mol. The van der Waals surface area contributed by atoms with Crippen LogP contribution in [0.4, 0.5) is 25.0 Å². The van der Waals surface area contributed by atoms with Crippen LogP contribution in [0.1, 0.15) is 45.2 Å². The molecule has 0 saturated carbocycles. The number of aliphatic carboxylic acids is 1. The van der Waals surface area contributed by atoms with E-state index in [1.54, 1.807) is 17.0 Å². The van der Waals surface area contributed by atoms with E-state index < -0.39 is 48.0 Å². The molecule has 4 rings (SSSR count). The zero-order chi connectivity index (χ0) is 30.2. The molecule has 3 aromatic rings. The van der Waals surface area contributed by atoms with Gasteiger partial charge in [-0.1, -0.05) is 12.1 Å². The molecule has 0 radical (unpaired) electrons. The van der Waals surface area contributed by atoms with Gasteiger partial charge in [-0.05, 0) is 66.6 Å².